The highest BCUT2D eigenvalue weighted by molar-refractivity contribution is 7.73. The average Bonchev–Trinajstić information content (AvgIpc) is 3.04. The van der Waals surface area contributed by atoms with Gasteiger partial charge < -0.3 is 15.0 Å². The predicted octanol–water partition coefficient (Wildman–Crippen LogP) is 5.30. The van der Waals surface area contributed by atoms with Gasteiger partial charge in [-0.1, -0.05) is 24.1 Å². The van der Waals surface area contributed by atoms with Gasteiger partial charge in [-0.15, -0.1) is 0 Å². The summed E-state index contributed by atoms with van der Waals surface area (Å²) in [4.78, 5) is 19.5. The van der Waals surface area contributed by atoms with E-state index in [1.807, 2.05) is 18.2 Å². The van der Waals surface area contributed by atoms with Crippen molar-refractivity contribution in [1.82, 2.24) is 4.98 Å². The lowest BCUT2D eigenvalue weighted by molar-refractivity contribution is -0.115. The second-order valence-electron chi connectivity index (χ2n) is 11.0. The number of pyridine rings is 1. The third kappa shape index (κ3) is 5.24. The van der Waals surface area contributed by atoms with Crippen molar-refractivity contribution in [2.75, 3.05) is 29.9 Å². The Bertz CT molecular complexity index is 1450. The Morgan fingerprint density at radius 2 is 1.95 bits per heavy atom. The van der Waals surface area contributed by atoms with Crippen LogP contribution in [-0.2, 0) is 27.3 Å². The number of ether oxygens (including phenoxy) is 1. The van der Waals surface area contributed by atoms with Crippen molar-refractivity contribution in [2.45, 2.75) is 49.2 Å². The van der Waals surface area contributed by atoms with Crippen molar-refractivity contribution in [1.29, 1.82) is 0 Å². The number of hydrogen-bond acceptors (Lipinski definition) is 6. The van der Waals surface area contributed by atoms with E-state index in [2.05, 4.69) is 27.3 Å². The smallest absolute Gasteiger partial charge is 0.246 e. The molecule has 9 heteroatoms. The Balaban J connectivity index is 1.32. The van der Waals surface area contributed by atoms with Crippen LogP contribution in [0.15, 0.2) is 60.9 Å². The first-order chi connectivity index (χ1) is 18.9. The summed E-state index contributed by atoms with van der Waals surface area (Å²) in [6, 6.07) is 15.0. The minimum absolute atomic E-state index is 0.155. The zero-order valence-electron chi connectivity index (χ0n) is 21.6. The van der Waals surface area contributed by atoms with Crippen LogP contribution in [0, 0.1) is 5.92 Å². The maximum atomic E-state index is 13.1. The van der Waals surface area contributed by atoms with Gasteiger partial charge in [-0.2, -0.15) is 0 Å². The minimum atomic E-state index is -3.03. The monoisotopic (exact) mass is 565 g/mol. The number of nitrogens with zero attached hydrogens (tertiary/aromatic N) is 2. The number of aromatic nitrogens is 1. The summed E-state index contributed by atoms with van der Waals surface area (Å²) in [6.45, 7) is 2.31. The van der Waals surface area contributed by atoms with E-state index >= 15 is 0 Å². The van der Waals surface area contributed by atoms with Gasteiger partial charge in [0.25, 0.3) is 0 Å². The molecule has 2 aliphatic carbocycles. The zero-order valence-corrected chi connectivity index (χ0v) is 23.3. The molecule has 3 aliphatic rings. The first kappa shape index (κ1) is 26.1. The molecule has 39 heavy (non-hydrogen) atoms. The number of aryl methyl sites for hydroxylation is 1. The van der Waals surface area contributed by atoms with E-state index in [0.717, 1.165) is 48.8 Å². The molecule has 1 unspecified atom stereocenters. The fourth-order valence-corrected chi connectivity index (χ4v) is 7.17. The topological polar surface area (TPSA) is 88.6 Å². The van der Waals surface area contributed by atoms with E-state index in [9.17, 15) is 13.2 Å². The fraction of sp³-hybridized carbons (Fsp3) is 0.400. The third-order valence-electron chi connectivity index (χ3n) is 8.49. The number of nitrogens with one attached hydrogen (secondary N) is 1. The van der Waals surface area contributed by atoms with Crippen LogP contribution in [0.3, 0.4) is 0 Å². The highest BCUT2D eigenvalue weighted by Gasteiger charge is 2.42. The van der Waals surface area contributed by atoms with Gasteiger partial charge in [0, 0.05) is 41.6 Å². The second-order valence-corrected chi connectivity index (χ2v) is 12.6. The van der Waals surface area contributed by atoms with Gasteiger partial charge in [0.05, 0.1) is 12.3 Å². The second kappa shape index (κ2) is 10.8. The number of carbonyl (C=O) groups is 1. The molecule has 204 valence electrons. The van der Waals surface area contributed by atoms with Gasteiger partial charge >= 0.3 is 0 Å². The summed E-state index contributed by atoms with van der Waals surface area (Å²) in [5, 5.41) is 2.32. The van der Waals surface area contributed by atoms with Crippen molar-refractivity contribution >= 4 is 39.6 Å². The molecule has 0 bridgehead atoms. The molecule has 1 amide bonds. The maximum Gasteiger partial charge on any atom is 0.246 e. The quantitative estimate of drug-likeness (QED) is 0.394. The average molecular weight is 566 g/mol. The molecule has 1 aliphatic heterocycles. The van der Waals surface area contributed by atoms with E-state index in [0.29, 0.717) is 23.8 Å². The number of anilines is 2. The van der Waals surface area contributed by atoms with Crippen molar-refractivity contribution in [3.05, 3.63) is 82.6 Å². The van der Waals surface area contributed by atoms with Crippen molar-refractivity contribution in [2.24, 2.45) is 5.92 Å². The molecular formula is C30H32ClN3O4S. The molecule has 7 nitrogen and oxygen atoms in total. The molecule has 2 heterocycles. The highest BCUT2D eigenvalue weighted by Crippen LogP contribution is 2.46. The number of halogens is 1. The molecule has 1 N–H and O–H groups in total. The maximum absolute atomic E-state index is 13.1. The Hall–Kier alpha value is -3.10. The van der Waals surface area contributed by atoms with Gasteiger partial charge in [0.2, 0.25) is 5.91 Å². The Morgan fingerprint density at radius 1 is 1.13 bits per heavy atom. The highest BCUT2D eigenvalue weighted by atomic mass is 35.5. The first-order valence-electron chi connectivity index (χ1n) is 13.6. The van der Waals surface area contributed by atoms with Crippen LogP contribution in [0.2, 0.25) is 5.02 Å². The third-order valence-corrected chi connectivity index (χ3v) is 9.68. The number of benzene rings is 2. The van der Waals surface area contributed by atoms with Gasteiger partial charge in [-0.05, 0) is 97.2 Å². The standard InChI is InChI=1S/C30H32ClN3O4S/c31-23-6-8-25-22(15-23)5-2-12-30(25)18-34(17-20-3-1-4-20)26-16-24(7-9-27(26)38-19-30)33-29(35)28(39(36)37)21-10-13-32-14-11-21/h6-11,13-16,20,28,39H,1-5,12,17-19H2,(H,33,35)/t28?,30-/m0/s1. The summed E-state index contributed by atoms with van der Waals surface area (Å²) in [6.07, 6.45) is 9.79. The predicted molar refractivity (Wildman–Crippen MR) is 153 cm³/mol. The van der Waals surface area contributed by atoms with Crippen LogP contribution >= 0.6 is 11.6 Å². The molecule has 0 saturated heterocycles. The number of fused-ring (bicyclic) bond motifs is 3. The van der Waals surface area contributed by atoms with E-state index in [4.69, 9.17) is 16.3 Å². The first-order valence-corrected chi connectivity index (χ1v) is 15.2. The fourth-order valence-electron chi connectivity index (χ4n) is 6.30. The van der Waals surface area contributed by atoms with Crippen molar-refractivity contribution in [3.8, 4) is 5.75 Å². The van der Waals surface area contributed by atoms with Crippen LogP contribution in [0.1, 0.15) is 54.0 Å². The van der Waals surface area contributed by atoms with E-state index in [1.54, 1.807) is 18.2 Å². The lowest BCUT2D eigenvalue weighted by atomic mass is 9.70. The summed E-state index contributed by atoms with van der Waals surface area (Å²) >= 11 is 6.36. The summed E-state index contributed by atoms with van der Waals surface area (Å²) in [7, 11) is -3.03. The lowest BCUT2D eigenvalue weighted by Crippen LogP contribution is -2.47. The lowest BCUT2D eigenvalue weighted by Gasteiger charge is -2.42. The van der Waals surface area contributed by atoms with Crippen LogP contribution in [0.5, 0.6) is 5.75 Å². The zero-order chi connectivity index (χ0) is 27.0. The summed E-state index contributed by atoms with van der Waals surface area (Å²) in [5.41, 5.74) is 4.33. The van der Waals surface area contributed by atoms with Gasteiger partial charge in [-0.3, -0.25) is 9.78 Å². The molecule has 1 saturated carbocycles. The molecule has 2 atom stereocenters. The summed E-state index contributed by atoms with van der Waals surface area (Å²) < 4.78 is 30.6. The minimum Gasteiger partial charge on any atom is -0.490 e. The molecule has 0 radical (unpaired) electrons. The molecule has 2 aromatic carbocycles. The normalized spacial score (nSPS) is 21.3. The number of rotatable bonds is 6. The molecule has 6 rings (SSSR count). The van der Waals surface area contributed by atoms with Crippen LogP contribution in [0.4, 0.5) is 11.4 Å². The summed E-state index contributed by atoms with van der Waals surface area (Å²) in [5.74, 6) is 0.817. The Kier molecular flexibility index (Phi) is 7.25. The van der Waals surface area contributed by atoms with E-state index in [-0.39, 0.29) is 5.41 Å². The number of hydrogen-bond donors (Lipinski definition) is 2. The van der Waals surface area contributed by atoms with Crippen LogP contribution in [0.25, 0.3) is 0 Å². The number of carbonyl (C=O) groups excluding carboxylic acids is 1. The Morgan fingerprint density at radius 3 is 2.69 bits per heavy atom. The van der Waals surface area contributed by atoms with Gasteiger partial charge in [0.1, 0.15) is 5.75 Å². The number of amides is 1. The Labute approximate surface area is 235 Å². The molecule has 1 fully saturated rings. The molecule has 3 aromatic rings. The van der Waals surface area contributed by atoms with Gasteiger partial charge in [-0.25, -0.2) is 8.42 Å². The van der Waals surface area contributed by atoms with E-state index in [1.165, 1.54) is 42.8 Å². The van der Waals surface area contributed by atoms with Crippen molar-refractivity contribution in [3.63, 3.8) is 0 Å². The van der Waals surface area contributed by atoms with Gasteiger partial charge in [0.15, 0.2) is 16.0 Å². The van der Waals surface area contributed by atoms with Crippen molar-refractivity contribution < 1.29 is 17.9 Å². The molecule has 1 aromatic heterocycles. The number of thiol groups is 1. The van der Waals surface area contributed by atoms with Crippen LogP contribution in [-0.4, -0.2) is 39.0 Å². The molecule has 1 spiro atoms. The largest absolute Gasteiger partial charge is 0.490 e. The van der Waals surface area contributed by atoms with E-state index < -0.39 is 21.9 Å². The SMILES string of the molecule is O=C(Nc1ccc2c(c1)N(CC1CCC1)C[C@@]1(CCCc3cc(Cl)ccc31)CO2)C(c1ccncc1)[SH](=O)=O. The molecular weight excluding hydrogens is 534 g/mol. The van der Waals surface area contributed by atoms with Crippen LogP contribution < -0.4 is 15.0 Å².